The van der Waals surface area contributed by atoms with E-state index in [4.69, 9.17) is 11.6 Å². The molecule has 1 atom stereocenters. The molecule has 5 heteroatoms. The fraction of sp³-hybridized carbons (Fsp3) is 0.182. The highest BCUT2D eigenvalue weighted by atomic mass is 35.5. The number of aliphatic hydroxyl groups excluding tert-OH is 1. The molecule has 0 fully saturated rings. The first-order valence-electron chi connectivity index (χ1n) is 4.67. The first-order chi connectivity index (χ1) is 7.58. The molecule has 0 aliphatic rings. The van der Waals surface area contributed by atoms with Gasteiger partial charge in [-0.15, -0.1) is 11.3 Å². The van der Waals surface area contributed by atoms with Gasteiger partial charge in [0.25, 0.3) is 0 Å². The zero-order valence-corrected chi connectivity index (χ0v) is 10.0. The average Bonchev–Trinajstić information content (AvgIpc) is 2.66. The molecule has 0 aliphatic heterocycles. The monoisotopic (exact) mass is 257 g/mol. The van der Waals surface area contributed by atoms with Gasteiger partial charge in [0, 0.05) is 16.8 Å². The van der Waals surface area contributed by atoms with E-state index >= 15 is 0 Å². The van der Waals surface area contributed by atoms with Crippen molar-refractivity contribution in [2.45, 2.75) is 13.0 Å². The Morgan fingerprint density at radius 1 is 1.50 bits per heavy atom. The molecular weight excluding hydrogens is 249 g/mol. The summed E-state index contributed by atoms with van der Waals surface area (Å²) in [5.74, 6) is -0.404. The molecule has 0 spiro atoms. The van der Waals surface area contributed by atoms with E-state index in [0.29, 0.717) is 20.5 Å². The van der Waals surface area contributed by atoms with Crippen molar-refractivity contribution in [3.8, 4) is 10.6 Å². The van der Waals surface area contributed by atoms with E-state index in [9.17, 15) is 9.50 Å². The van der Waals surface area contributed by atoms with E-state index in [1.54, 1.807) is 25.3 Å². The minimum Gasteiger partial charge on any atom is -0.388 e. The van der Waals surface area contributed by atoms with Crippen molar-refractivity contribution in [1.29, 1.82) is 0 Å². The number of halogens is 2. The maximum atomic E-state index is 13.6. The highest BCUT2D eigenvalue weighted by Crippen LogP contribution is 2.31. The number of aromatic nitrogens is 1. The SMILES string of the molecule is CC(O)c1cnc(-c2ccc(Cl)cc2F)s1. The summed E-state index contributed by atoms with van der Waals surface area (Å²) >= 11 is 6.93. The lowest BCUT2D eigenvalue weighted by Gasteiger charge is -1.99. The third-order valence-corrected chi connectivity index (χ3v) is 3.53. The van der Waals surface area contributed by atoms with Gasteiger partial charge >= 0.3 is 0 Å². The highest BCUT2D eigenvalue weighted by Gasteiger charge is 2.12. The summed E-state index contributed by atoms with van der Waals surface area (Å²) in [5.41, 5.74) is 0.404. The number of benzene rings is 1. The number of hydrogen-bond donors (Lipinski definition) is 1. The van der Waals surface area contributed by atoms with Gasteiger partial charge in [-0.2, -0.15) is 0 Å². The minimum atomic E-state index is -0.582. The molecule has 2 nitrogen and oxygen atoms in total. The van der Waals surface area contributed by atoms with Crippen molar-refractivity contribution in [2.75, 3.05) is 0 Å². The Morgan fingerprint density at radius 3 is 2.81 bits per heavy atom. The smallest absolute Gasteiger partial charge is 0.134 e. The second kappa shape index (κ2) is 4.49. The zero-order valence-electron chi connectivity index (χ0n) is 8.45. The van der Waals surface area contributed by atoms with E-state index < -0.39 is 11.9 Å². The van der Waals surface area contributed by atoms with Crippen molar-refractivity contribution in [1.82, 2.24) is 4.98 Å². The predicted molar refractivity (Wildman–Crippen MR) is 63.2 cm³/mol. The number of nitrogens with zero attached hydrogens (tertiary/aromatic N) is 1. The van der Waals surface area contributed by atoms with E-state index in [-0.39, 0.29) is 0 Å². The summed E-state index contributed by atoms with van der Waals surface area (Å²) in [5, 5.41) is 10.3. The van der Waals surface area contributed by atoms with Crippen LogP contribution in [0.2, 0.25) is 5.02 Å². The molecule has 1 N–H and O–H groups in total. The summed E-state index contributed by atoms with van der Waals surface area (Å²) in [7, 11) is 0. The third kappa shape index (κ3) is 2.24. The average molecular weight is 258 g/mol. The Balaban J connectivity index is 2.42. The molecule has 2 aromatic rings. The van der Waals surface area contributed by atoms with Gasteiger partial charge in [-0.05, 0) is 25.1 Å². The summed E-state index contributed by atoms with van der Waals surface area (Å²) in [4.78, 5) is 4.79. The molecule has 0 amide bonds. The molecule has 1 aromatic heterocycles. The first-order valence-corrected chi connectivity index (χ1v) is 5.86. The molecule has 1 unspecified atom stereocenters. The van der Waals surface area contributed by atoms with Gasteiger partial charge in [0.05, 0.1) is 11.0 Å². The Labute approximate surface area is 101 Å². The lowest BCUT2D eigenvalue weighted by Crippen LogP contribution is -1.83. The van der Waals surface area contributed by atoms with Crippen LogP contribution in [0.4, 0.5) is 4.39 Å². The zero-order chi connectivity index (χ0) is 11.7. The number of hydrogen-bond acceptors (Lipinski definition) is 3. The van der Waals surface area contributed by atoms with Crippen LogP contribution in [0.5, 0.6) is 0 Å². The Bertz CT molecular complexity index is 512. The molecular formula is C11H9ClFNOS. The van der Waals surface area contributed by atoms with Crippen LogP contribution in [-0.2, 0) is 0 Å². The van der Waals surface area contributed by atoms with Crippen LogP contribution in [0.3, 0.4) is 0 Å². The standard InChI is InChI=1S/C11H9ClFNOS/c1-6(15)10-5-14-11(16-10)8-3-2-7(12)4-9(8)13/h2-6,15H,1H3. The van der Waals surface area contributed by atoms with Crippen LogP contribution in [0, 0.1) is 5.82 Å². The van der Waals surface area contributed by atoms with Crippen LogP contribution < -0.4 is 0 Å². The Morgan fingerprint density at radius 2 is 2.25 bits per heavy atom. The summed E-state index contributed by atoms with van der Waals surface area (Å²) < 4.78 is 13.6. The van der Waals surface area contributed by atoms with Gasteiger partial charge in [0.1, 0.15) is 10.8 Å². The van der Waals surface area contributed by atoms with Crippen LogP contribution in [-0.4, -0.2) is 10.1 Å². The Hall–Kier alpha value is -0.970. The number of rotatable bonds is 2. The quantitative estimate of drug-likeness (QED) is 0.891. The molecule has 0 bridgehead atoms. The number of thiazole rings is 1. The van der Waals surface area contributed by atoms with E-state index in [0.717, 1.165) is 0 Å². The molecule has 1 aromatic carbocycles. The van der Waals surface area contributed by atoms with Crippen LogP contribution in [0.25, 0.3) is 10.6 Å². The molecule has 2 rings (SSSR count). The molecule has 1 heterocycles. The van der Waals surface area contributed by atoms with Crippen molar-refractivity contribution < 1.29 is 9.50 Å². The van der Waals surface area contributed by atoms with E-state index in [2.05, 4.69) is 4.98 Å². The van der Waals surface area contributed by atoms with E-state index in [1.165, 1.54) is 17.4 Å². The van der Waals surface area contributed by atoms with Crippen LogP contribution in [0.1, 0.15) is 17.9 Å². The second-order valence-electron chi connectivity index (χ2n) is 3.37. The van der Waals surface area contributed by atoms with E-state index in [1.807, 2.05) is 0 Å². The molecule has 0 aliphatic carbocycles. The molecule has 16 heavy (non-hydrogen) atoms. The molecule has 0 radical (unpaired) electrons. The Kier molecular flexibility index (Phi) is 3.23. The minimum absolute atomic E-state index is 0.355. The summed E-state index contributed by atoms with van der Waals surface area (Å²) in [6.45, 7) is 1.65. The maximum absolute atomic E-state index is 13.6. The fourth-order valence-electron chi connectivity index (χ4n) is 1.27. The molecule has 84 valence electrons. The molecule has 0 saturated carbocycles. The largest absolute Gasteiger partial charge is 0.388 e. The van der Waals surface area contributed by atoms with Crippen molar-refractivity contribution >= 4 is 22.9 Å². The molecule has 0 saturated heterocycles. The highest BCUT2D eigenvalue weighted by molar-refractivity contribution is 7.15. The lowest BCUT2D eigenvalue weighted by atomic mass is 10.2. The van der Waals surface area contributed by atoms with Crippen LogP contribution in [0.15, 0.2) is 24.4 Å². The van der Waals surface area contributed by atoms with Gasteiger partial charge in [-0.25, -0.2) is 9.37 Å². The fourth-order valence-corrected chi connectivity index (χ4v) is 2.31. The van der Waals surface area contributed by atoms with Gasteiger partial charge < -0.3 is 5.11 Å². The maximum Gasteiger partial charge on any atom is 0.134 e. The topological polar surface area (TPSA) is 33.1 Å². The number of aliphatic hydroxyl groups is 1. The third-order valence-electron chi connectivity index (χ3n) is 2.10. The van der Waals surface area contributed by atoms with Crippen molar-refractivity contribution in [3.05, 3.63) is 40.1 Å². The summed E-state index contributed by atoms with van der Waals surface area (Å²) in [6.07, 6.45) is 0.972. The van der Waals surface area contributed by atoms with Gasteiger partial charge in [-0.3, -0.25) is 0 Å². The summed E-state index contributed by atoms with van der Waals surface area (Å²) in [6, 6.07) is 4.45. The van der Waals surface area contributed by atoms with Crippen molar-refractivity contribution in [3.63, 3.8) is 0 Å². The second-order valence-corrected chi connectivity index (χ2v) is 4.87. The van der Waals surface area contributed by atoms with Gasteiger partial charge in [0.2, 0.25) is 0 Å². The predicted octanol–water partition coefficient (Wildman–Crippen LogP) is 3.66. The lowest BCUT2D eigenvalue weighted by molar-refractivity contribution is 0.203. The van der Waals surface area contributed by atoms with Crippen molar-refractivity contribution in [2.24, 2.45) is 0 Å². The van der Waals surface area contributed by atoms with Crippen LogP contribution >= 0.6 is 22.9 Å². The normalized spacial score (nSPS) is 12.8. The first kappa shape index (κ1) is 11.5. The van der Waals surface area contributed by atoms with Gasteiger partial charge in [0.15, 0.2) is 0 Å². The van der Waals surface area contributed by atoms with Gasteiger partial charge in [-0.1, -0.05) is 11.6 Å².